The minimum absolute atomic E-state index is 0.117. The molecule has 13 unspecified atom stereocenters. The molecular weight excluding hydrogens is 853 g/mol. The van der Waals surface area contributed by atoms with E-state index in [9.17, 15) is 29.4 Å². The molecule has 0 heterocycles. The monoisotopic (exact) mass is 945 g/mol. The zero-order chi connectivity index (χ0) is 49.2. The third-order valence-corrected chi connectivity index (χ3v) is 25.1. The first kappa shape index (κ1) is 50.1. The van der Waals surface area contributed by atoms with E-state index in [0.717, 1.165) is 113 Å². The van der Waals surface area contributed by atoms with Crippen molar-refractivity contribution in [2.24, 2.45) is 97.6 Å². The van der Waals surface area contributed by atoms with E-state index in [1.165, 1.54) is 81.8 Å². The molecule has 6 heteroatoms. The van der Waals surface area contributed by atoms with Gasteiger partial charge in [-0.1, -0.05) is 82.1 Å². The van der Waals surface area contributed by atoms with Crippen LogP contribution < -0.4 is 0 Å². The lowest BCUT2D eigenvalue weighted by atomic mass is 9.47. The molecule has 9 fully saturated rings. The number of aliphatic hydroxyl groups excluding tert-OH is 2. The maximum absolute atomic E-state index is 12.2. The van der Waals surface area contributed by atoms with Crippen molar-refractivity contribution in [2.45, 2.75) is 222 Å². The molecule has 0 aromatic rings. The van der Waals surface area contributed by atoms with Crippen LogP contribution in [0.5, 0.6) is 0 Å². The number of Topliss-reactive ketones (excluding diaryl/α,β-unsaturated/α-hetero) is 3. The van der Waals surface area contributed by atoms with Gasteiger partial charge in [0.25, 0.3) is 0 Å². The quantitative estimate of drug-likeness (QED) is 0.273. The second-order valence-electron chi connectivity index (χ2n) is 27.8. The van der Waals surface area contributed by atoms with E-state index >= 15 is 0 Å². The third kappa shape index (κ3) is 7.86. The van der Waals surface area contributed by atoms with Crippen molar-refractivity contribution in [3.63, 3.8) is 0 Å². The normalized spacial score (nSPS) is 50.0. The molecule has 19 atom stereocenters. The number of aliphatic hydroxyl groups is 2. The summed E-state index contributed by atoms with van der Waals surface area (Å²) in [6.07, 6.45) is 34.5. The van der Waals surface area contributed by atoms with E-state index < -0.39 is 0 Å². The van der Waals surface area contributed by atoms with Crippen LogP contribution in [-0.2, 0) is 19.2 Å². The fourth-order valence-corrected chi connectivity index (χ4v) is 21.2. The Hall–Kier alpha value is -2.44. The molecular formula is C63H92O6. The largest absolute Gasteiger partial charge is 0.393 e. The van der Waals surface area contributed by atoms with Crippen molar-refractivity contribution in [2.75, 3.05) is 0 Å². The number of rotatable bonds is 3. The predicted molar refractivity (Wildman–Crippen MR) is 275 cm³/mol. The van der Waals surface area contributed by atoms with Gasteiger partial charge in [0.05, 0.1) is 12.2 Å². The van der Waals surface area contributed by atoms with Gasteiger partial charge in [0.2, 0.25) is 0 Å². The smallest absolute Gasteiger partial charge is 0.155 e. The highest BCUT2D eigenvalue weighted by Crippen LogP contribution is 2.69. The number of carbonyl (C=O) groups is 4. The Morgan fingerprint density at radius 2 is 1.00 bits per heavy atom. The summed E-state index contributed by atoms with van der Waals surface area (Å²) >= 11 is 0. The minimum Gasteiger partial charge on any atom is -0.393 e. The van der Waals surface area contributed by atoms with E-state index in [4.69, 9.17) is 0 Å². The minimum atomic E-state index is -0.147. The van der Waals surface area contributed by atoms with E-state index in [2.05, 4.69) is 59.8 Å². The van der Waals surface area contributed by atoms with Gasteiger partial charge in [-0.05, 0) is 248 Å². The molecule has 0 radical (unpaired) electrons. The maximum atomic E-state index is 12.2. The van der Waals surface area contributed by atoms with Crippen molar-refractivity contribution in [1.82, 2.24) is 0 Å². The molecule has 9 saturated carbocycles. The lowest BCUT2D eigenvalue weighted by Gasteiger charge is -2.58. The van der Waals surface area contributed by atoms with Gasteiger partial charge < -0.3 is 10.2 Å². The summed E-state index contributed by atoms with van der Waals surface area (Å²) in [5.74, 6) is 8.19. The van der Waals surface area contributed by atoms with Crippen molar-refractivity contribution < 1.29 is 29.4 Å². The van der Waals surface area contributed by atoms with Crippen molar-refractivity contribution >= 4 is 23.1 Å². The van der Waals surface area contributed by atoms with Gasteiger partial charge in [-0.3, -0.25) is 19.2 Å². The number of fused-ring (bicyclic) bond motifs is 15. The number of allylic oxidation sites excluding steroid dienone is 5. The molecule has 0 saturated heterocycles. The molecule has 6 nitrogen and oxygen atoms in total. The van der Waals surface area contributed by atoms with Gasteiger partial charge >= 0.3 is 0 Å². The Bertz CT molecular complexity index is 2220. The lowest BCUT2D eigenvalue weighted by molar-refractivity contribution is -0.128. The third-order valence-electron chi connectivity index (χ3n) is 25.1. The Kier molecular flexibility index (Phi) is 13.0. The van der Waals surface area contributed by atoms with Gasteiger partial charge in [-0.25, -0.2) is 0 Å². The first-order valence-electron chi connectivity index (χ1n) is 28.8. The zero-order valence-electron chi connectivity index (χ0n) is 44.6. The molecule has 0 amide bonds. The van der Waals surface area contributed by atoms with E-state index in [0.29, 0.717) is 52.2 Å². The van der Waals surface area contributed by atoms with Crippen LogP contribution in [0.1, 0.15) is 210 Å². The lowest BCUT2D eigenvalue weighted by Crippen LogP contribution is -2.51. The summed E-state index contributed by atoms with van der Waals surface area (Å²) in [6, 6.07) is 0. The predicted octanol–water partition coefficient (Wildman–Crippen LogP) is 13.7. The van der Waals surface area contributed by atoms with Gasteiger partial charge in [0, 0.05) is 24.2 Å². The van der Waals surface area contributed by atoms with Crippen LogP contribution in [0.4, 0.5) is 0 Å². The SMILES string of the molecule is CC(=O)C1CCC2C3=CC=C4CC(O)CC[C@]4(C)C3CC[C@]12C.CC(=O)C1CCC2C3CC=C4CC(O)CC[C@]4(C)C3CC[C@]12C.CC(=O)C1CCC2C3CCC4=CC(=O)CC[C@]4(C)C3CC[C@]12C. The topological polar surface area (TPSA) is 109 Å². The van der Waals surface area contributed by atoms with Crippen LogP contribution in [0, 0.1) is 97.6 Å². The molecule has 0 aliphatic heterocycles. The Labute approximate surface area is 417 Å². The highest BCUT2D eigenvalue weighted by molar-refractivity contribution is 5.91. The van der Waals surface area contributed by atoms with E-state index in [-0.39, 0.29) is 45.2 Å². The van der Waals surface area contributed by atoms with Crippen molar-refractivity contribution in [3.8, 4) is 0 Å². The fourth-order valence-electron chi connectivity index (χ4n) is 21.2. The number of ketones is 4. The first-order valence-corrected chi connectivity index (χ1v) is 28.8. The molecule has 0 aromatic carbocycles. The van der Waals surface area contributed by atoms with E-state index in [1.807, 2.05) is 13.0 Å². The summed E-state index contributed by atoms with van der Waals surface area (Å²) in [4.78, 5) is 48.3. The molecule has 12 rings (SSSR count). The summed E-state index contributed by atoms with van der Waals surface area (Å²) in [5.41, 5.74) is 7.59. The molecule has 380 valence electrons. The molecule has 12 aliphatic carbocycles. The van der Waals surface area contributed by atoms with Crippen LogP contribution in [0.3, 0.4) is 0 Å². The Morgan fingerprint density at radius 3 is 1.62 bits per heavy atom. The number of hydrogen-bond donors (Lipinski definition) is 2. The number of hydrogen-bond acceptors (Lipinski definition) is 6. The summed E-state index contributed by atoms with van der Waals surface area (Å²) in [5, 5.41) is 20.1. The van der Waals surface area contributed by atoms with Crippen LogP contribution in [-0.4, -0.2) is 45.6 Å². The van der Waals surface area contributed by atoms with Crippen LogP contribution in [0.2, 0.25) is 0 Å². The molecule has 0 bridgehead atoms. The Balaban J connectivity index is 0.000000120. The first-order chi connectivity index (χ1) is 32.6. The molecule has 69 heavy (non-hydrogen) atoms. The summed E-state index contributed by atoms with van der Waals surface area (Å²) < 4.78 is 0. The highest BCUT2D eigenvalue weighted by atomic mass is 16.3. The summed E-state index contributed by atoms with van der Waals surface area (Å²) in [6.45, 7) is 19.9. The van der Waals surface area contributed by atoms with Gasteiger partial charge in [-0.2, -0.15) is 0 Å². The molecule has 2 N–H and O–H groups in total. The van der Waals surface area contributed by atoms with Crippen molar-refractivity contribution in [1.29, 1.82) is 0 Å². The van der Waals surface area contributed by atoms with Gasteiger partial charge in [0.1, 0.15) is 17.3 Å². The van der Waals surface area contributed by atoms with Crippen LogP contribution in [0.15, 0.2) is 46.6 Å². The summed E-state index contributed by atoms with van der Waals surface area (Å²) in [7, 11) is 0. The van der Waals surface area contributed by atoms with Gasteiger partial charge in [-0.15, -0.1) is 0 Å². The standard InChI is InChI=1S/C21H32O2.2C21H30O2/c3*1-13(22)17-6-7-18-16-5-4-14-12-15(23)8-10-20(14,2)19(16)9-11-21(17,18)3/h4,15-19,23H,5-12H2,1-3H3;12,16-19H,4-11H2,1-3H3;4-5,15,17-19,23H,6-12H2,1-3H3/t15?,16?,17?,18?,19?,20-,21+;16?,17?,18?,19?,20-,21+;15?,17?,18?,19?,20-,21+/m000/s1. The highest BCUT2D eigenvalue weighted by Gasteiger charge is 2.62. The van der Waals surface area contributed by atoms with Crippen molar-refractivity contribution in [3.05, 3.63) is 46.6 Å². The van der Waals surface area contributed by atoms with Crippen LogP contribution >= 0.6 is 0 Å². The average Bonchev–Trinajstić information content (AvgIpc) is 3.98. The Morgan fingerprint density at radius 1 is 0.478 bits per heavy atom. The number of carbonyl (C=O) groups excluding carboxylic acids is 4. The average molecular weight is 945 g/mol. The molecule has 0 aromatic heterocycles. The second-order valence-corrected chi connectivity index (χ2v) is 27.8. The van der Waals surface area contributed by atoms with Crippen LogP contribution in [0.25, 0.3) is 0 Å². The van der Waals surface area contributed by atoms with Gasteiger partial charge in [0.15, 0.2) is 5.78 Å². The van der Waals surface area contributed by atoms with E-state index in [1.54, 1.807) is 25.0 Å². The molecule has 0 spiro atoms. The molecule has 12 aliphatic rings. The second kappa shape index (κ2) is 17.9. The maximum Gasteiger partial charge on any atom is 0.155 e. The zero-order valence-corrected chi connectivity index (χ0v) is 44.6. The fraction of sp³-hybridized carbons (Fsp3) is 0.810.